The Bertz CT molecular complexity index is 350. The molecule has 0 heterocycles. The van der Waals surface area contributed by atoms with E-state index in [4.69, 9.17) is 5.26 Å². The smallest absolute Gasteiger partial charge is 0.0978 e. The maximum atomic E-state index is 8.92. The van der Waals surface area contributed by atoms with Crippen LogP contribution in [0.25, 0.3) is 0 Å². The van der Waals surface area contributed by atoms with Gasteiger partial charge in [-0.15, -0.1) is 0 Å². The molecule has 0 amide bonds. The predicted octanol–water partition coefficient (Wildman–Crippen LogP) is 2.63. The quantitative estimate of drug-likeness (QED) is 0.814. The molecule has 0 fully saturated rings. The van der Waals surface area contributed by atoms with Gasteiger partial charge >= 0.3 is 0 Å². The van der Waals surface area contributed by atoms with E-state index in [-0.39, 0.29) is 6.04 Å². The minimum absolute atomic E-state index is 0.0643. The molecule has 0 saturated heterocycles. The van der Waals surface area contributed by atoms with Gasteiger partial charge in [0.25, 0.3) is 0 Å². The lowest BCUT2D eigenvalue weighted by molar-refractivity contribution is 0.472. The van der Waals surface area contributed by atoms with Gasteiger partial charge in [0.15, 0.2) is 0 Å². The number of hydrogen-bond donors (Lipinski definition) is 1. The summed E-state index contributed by atoms with van der Waals surface area (Å²) in [7, 11) is 0. The number of hydrogen-bond acceptors (Lipinski definition) is 2. The van der Waals surface area contributed by atoms with Gasteiger partial charge in [-0.25, -0.2) is 0 Å². The molecule has 0 bridgehead atoms. The first kappa shape index (κ1) is 11.7. The second kappa shape index (κ2) is 5.53. The third-order valence-electron chi connectivity index (χ3n) is 2.41. The van der Waals surface area contributed by atoms with Gasteiger partial charge in [0.05, 0.1) is 12.1 Å². The summed E-state index contributed by atoms with van der Waals surface area (Å²) in [5.74, 6) is 0.347. The van der Waals surface area contributed by atoms with Gasteiger partial charge < -0.3 is 0 Å². The highest BCUT2D eigenvalue weighted by Gasteiger charge is 2.10. The van der Waals surface area contributed by atoms with Crippen LogP contribution in [0.2, 0.25) is 0 Å². The summed E-state index contributed by atoms with van der Waals surface area (Å²) in [6, 6.07) is 10.6. The maximum Gasteiger partial charge on any atom is 0.0978 e. The number of benzene rings is 1. The molecule has 80 valence electrons. The van der Waals surface area contributed by atoms with Gasteiger partial charge in [-0.05, 0) is 18.4 Å². The van der Waals surface area contributed by atoms with Crippen LogP contribution in [0, 0.1) is 24.2 Å². The summed E-state index contributed by atoms with van der Waals surface area (Å²) >= 11 is 0. The van der Waals surface area contributed by atoms with Crippen LogP contribution in [-0.4, -0.2) is 6.04 Å². The molecule has 0 aliphatic carbocycles. The summed E-state index contributed by atoms with van der Waals surface area (Å²) in [6.07, 6.45) is 0. The van der Waals surface area contributed by atoms with Crippen LogP contribution in [0.1, 0.15) is 25.0 Å². The van der Waals surface area contributed by atoms with Crippen molar-refractivity contribution in [3.05, 3.63) is 35.4 Å². The molecule has 1 aromatic carbocycles. The Hall–Kier alpha value is -1.33. The first-order chi connectivity index (χ1) is 7.13. The topological polar surface area (TPSA) is 35.8 Å². The minimum Gasteiger partial charge on any atom is -0.298 e. The number of rotatable bonds is 4. The predicted molar refractivity (Wildman–Crippen MR) is 62.3 cm³/mol. The van der Waals surface area contributed by atoms with E-state index in [2.05, 4.69) is 50.4 Å². The normalized spacial score (nSPS) is 12.5. The lowest BCUT2D eigenvalue weighted by Gasteiger charge is -2.14. The molecule has 0 saturated carbocycles. The number of aryl methyl sites for hydroxylation is 1. The lowest BCUT2D eigenvalue weighted by Crippen LogP contribution is -2.31. The molecule has 1 unspecified atom stereocenters. The molecule has 0 aromatic heterocycles. The largest absolute Gasteiger partial charge is 0.298 e. The second-order valence-corrected chi connectivity index (χ2v) is 4.22. The monoisotopic (exact) mass is 202 g/mol. The summed E-state index contributed by atoms with van der Waals surface area (Å²) in [5, 5.41) is 12.2. The van der Waals surface area contributed by atoms with E-state index in [0.29, 0.717) is 5.92 Å². The third-order valence-corrected chi connectivity index (χ3v) is 2.41. The number of nitriles is 1. The molecule has 0 spiro atoms. The average Bonchev–Trinajstić information content (AvgIpc) is 2.18. The van der Waals surface area contributed by atoms with Crippen molar-refractivity contribution in [2.45, 2.75) is 33.4 Å². The highest BCUT2D eigenvalue weighted by atomic mass is 14.9. The van der Waals surface area contributed by atoms with E-state index in [0.717, 1.165) is 6.54 Å². The molecular weight excluding hydrogens is 184 g/mol. The molecule has 1 aromatic rings. The van der Waals surface area contributed by atoms with E-state index < -0.39 is 0 Å². The van der Waals surface area contributed by atoms with E-state index >= 15 is 0 Å². The van der Waals surface area contributed by atoms with Crippen molar-refractivity contribution in [3.63, 3.8) is 0 Å². The van der Waals surface area contributed by atoms with Crippen LogP contribution < -0.4 is 5.32 Å². The zero-order valence-corrected chi connectivity index (χ0v) is 9.62. The van der Waals surface area contributed by atoms with Crippen LogP contribution in [-0.2, 0) is 6.54 Å². The van der Waals surface area contributed by atoms with Crippen LogP contribution in [0.4, 0.5) is 0 Å². The number of nitrogens with zero attached hydrogens (tertiary/aromatic N) is 1. The molecule has 15 heavy (non-hydrogen) atoms. The Morgan fingerprint density at radius 3 is 2.67 bits per heavy atom. The first-order valence-corrected chi connectivity index (χ1v) is 5.32. The highest BCUT2D eigenvalue weighted by Crippen LogP contribution is 2.06. The summed E-state index contributed by atoms with van der Waals surface area (Å²) in [6.45, 7) is 6.94. The zero-order chi connectivity index (χ0) is 11.3. The van der Waals surface area contributed by atoms with E-state index in [9.17, 15) is 0 Å². The van der Waals surface area contributed by atoms with Crippen LogP contribution in [0.15, 0.2) is 24.3 Å². The van der Waals surface area contributed by atoms with E-state index in [1.165, 1.54) is 11.1 Å². The third kappa shape index (κ3) is 3.73. The van der Waals surface area contributed by atoms with Gasteiger partial charge in [0.2, 0.25) is 0 Å². The van der Waals surface area contributed by atoms with Crippen molar-refractivity contribution in [2.24, 2.45) is 5.92 Å². The van der Waals surface area contributed by atoms with Crippen molar-refractivity contribution in [1.29, 1.82) is 5.26 Å². The lowest BCUT2D eigenvalue weighted by atomic mass is 10.1. The highest BCUT2D eigenvalue weighted by molar-refractivity contribution is 5.22. The standard InChI is InChI=1S/C13H18N2/c1-10(2)13(8-14)15-9-12-6-4-5-11(3)7-12/h4-7,10,13,15H,9H2,1-3H3. The summed E-state index contributed by atoms with van der Waals surface area (Å²) in [4.78, 5) is 0. The maximum absolute atomic E-state index is 8.92. The van der Waals surface area contributed by atoms with Crippen molar-refractivity contribution < 1.29 is 0 Å². The average molecular weight is 202 g/mol. The fourth-order valence-electron chi connectivity index (χ4n) is 1.48. The van der Waals surface area contributed by atoms with Crippen molar-refractivity contribution in [1.82, 2.24) is 5.32 Å². The summed E-state index contributed by atoms with van der Waals surface area (Å²) in [5.41, 5.74) is 2.49. The van der Waals surface area contributed by atoms with Gasteiger partial charge in [-0.1, -0.05) is 43.7 Å². The summed E-state index contributed by atoms with van der Waals surface area (Å²) < 4.78 is 0. The fraction of sp³-hybridized carbons (Fsp3) is 0.462. The first-order valence-electron chi connectivity index (χ1n) is 5.32. The Labute approximate surface area is 91.9 Å². The van der Waals surface area contributed by atoms with Crippen LogP contribution in [0.3, 0.4) is 0 Å². The van der Waals surface area contributed by atoms with Gasteiger partial charge in [-0.2, -0.15) is 5.26 Å². The van der Waals surface area contributed by atoms with Crippen molar-refractivity contribution in [3.8, 4) is 6.07 Å². The number of nitrogens with one attached hydrogen (secondary N) is 1. The fourth-order valence-corrected chi connectivity index (χ4v) is 1.48. The molecule has 2 heteroatoms. The van der Waals surface area contributed by atoms with Gasteiger partial charge in [0, 0.05) is 6.54 Å². The molecular formula is C13H18N2. The van der Waals surface area contributed by atoms with Crippen LogP contribution in [0.5, 0.6) is 0 Å². The van der Waals surface area contributed by atoms with Crippen molar-refractivity contribution in [2.75, 3.05) is 0 Å². The Balaban J connectivity index is 2.53. The molecule has 0 aliphatic heterocycles. The minimum atomic E-state index is -0.0643. The molecule has 0 radical (unpaired) electrons. The molecule has 1 rings (SSSR count). The zero-order valence-electron chi connectivity index (χ0n) is 9.62. The SMILES string of the molecule is Cc1cccc(CNC(C#N)C(C)C)c1. The van der Waals surface area contributed by atoms with E-state index in [1.54, 1.807) is 0 Å². The molecule has 1 N–H and O–H groups in total. The van der Waals surface area contributed by atoms with E-state index in [1.807, 2.05) is 6.07 Å². The molecule has 1 atom stereocenters. The van der Waals surface area contributed by atoms with Crippen LogP contribution >= 0.6 is 0 Å². The van der Waals surface area contributed by atoms with Gasteiger partial charge in [0.1, 0.15) is 0 Å². The Kier molecular flexibility index (Phi) is 4.33. The molecule has 0 aliphatic rings. The Morgan fingerprint density at radius 1 is 1.40 bits per heavy atom. The molecule has 2 nitrogen and oxygen atoms in total. The second-order valence-electron chi connectivity index (χ2n) is 4.22. The van der Waals surface area contributed by atoms with Crippen molar-refractivity contribution >= 4 is 0 Å². The van der Waals surface area contributed by atoms with Gasteiger partial charge in [-0.3, -0.25) is 5.32 Å². The Morgan fingerprint density at radius 2 is 2.13 bits per heavy atom.